The molecule has 0 bridgehead atoms. The van der Waals surface area contributed by atoms with Crippen molar-refractivity contribution in [3.63, 3.8) is 0 Å². The average molecular weight is 443 g/mol. The molecule has 0 spiro atoms. The lowest BCUT2D eigenvalue weighted by Gasteiger charge is -2.38. The lowest BCUT2D eigenvalue weighted by atomic mass is 9.95. The Bertz CT molecular complexity index is 1390. The minimum absolute atomic E-state index is 0.104. The van der Waals surface area contributed by atoms with E-state index in [0.29, 0.717) is 11.4 Å². The van der Waals surface area contributed by atoms with Crippen LogP contribution in [0.4, 0.5) is 5.69 Å². The van der Waals surface area contributed by atoms with Crippen LogP contribution >= 0.6 is 0 Å². The summed E-state index contributed by atoms with van der Waals surface area (Å²) < 4.78 is 1.85. The molecule has 0 radical (unpaired) electrons. The molecule has 33 heavy (non-hydrogen) atoms. The molecule has 0 saturated heterocycles. The number of rotatable bonds is 3. The van der Waals surface area contributed by atoms with Crippen LogP contribution in [-0.2, 0) is 12.0 Å². The maximum absolute atomic E-state index is 13.6. The fourth-order valence-electron chi connectivity index (χ4n) is 4.91. The Morgan fingerprint density at radius 2 is 1.82 bits per heavy atom. The second-order valence-electron chi connectivity index (χ2n) is 9.99. The molecule has 1 N–H and O–H groups in total. The van der Waals surface area contributed by atoms with Gasteiger partial charge >= 0.3 is 0 Å². The summed E-state index contributed by atoms with van der Waals surface area (Å²) in [5.41, 5.74) is 5.71. The number of hydrogen-bond acceptors (Lipinski definition) is 5. The maximum atomic E-state index is 13.6. The molecule has 5 rings (SSSR count). The number of anilines is 1. The van der Waals surface area contributed by atoms with E-state index in [1.165, 1.54) is 5.56 Å². The largest absolute Gasteiger partial charge is 0.357 e. The molecule has 0 amide bonds. The lowest BCUT2D eigenvalue weighted by Crippen LogP contribution is -2.40. The van der Waals surface area contributed by atoms with E-state index in [2.05, 4.69) is 83.4 Å². The Morgan fingerprint density at radius 1 is 1.06 bits per heavy atom. The molecule has 0 fully saturated rings. The summed E-state index contributed by atoms with van der Waals surface area (Å²) in [6, 6.07) is 14.2. The number of fused-ring (bicyclic) bond motifs is 2. The molecule has 2 aromatic heterocycles. The summed E-state index contributed by atoms with van der Waals surface area (Å²) in [6.07, 6.45) is 2.03. The van der Waals surface area contributed by atoms with E-state index in [4.69, 9.17) is 0 Å². The van der Waals surface area contributed by atoms with Crippen LogP contribution < -0.4 is 10.5 Å². The van der Waals surface area contributed by atoms with E-state index in [0.717, 1.165) is 47.1 Å². The summed E-state index contributed by atoms with van der Waals surface area (Å²) in [5.74, 6) is 0.675. The predicted octanol–water partition coefficient (Wildman–Crippen LogP) is 4.43. The van der Waals surface area contributed by atoms with Crippen LogP contribution in [0, 0.1) is 13.8 Å². The minimum atomic E-state index is -0.409. The van der Waals surface area contributed by atoms with Gasteiger partial charge in [0.1, 0.15) is 6.04 Å². The molecule has 0 saturated carbocycles. The van der Waals surface area contributed by atoms with Crippen molar-refractivity contribution in [1.82, 2.24) is 25.2 Å². The first-order valence-electron chi connectivity index (χ1n) is 11.5. The smallest absolute Gasteiger partial charge is 0.254 e. The Labute approximate surface area is 193 Å². The quantitative estimate of drug-likeness (QED) is 0.508. The summed E-state index contributed by atoms with van der Waals surface area (Å²) in [6.45, 7) is 11.2. The Hall–Kier alpha value is -3.48. The van der Waals surface area contributed by atoms with Crippen LogP contribution in [0.3, 0.4) is 0 Å². The average Bonchev–Trinajstić information content (AvgIpc) is 3.28. The van der Waals surface area contributed by atoms with Gasteiger partial charge in [0, 0.05) is 23.2 Å². The topological polar surface area (TPSA) is 79.7 Å². The van der Waals surface area contributed by atoms with Crippen molar-refractivity contribution in [2.75, 3.05) is 11.4 Å². The Morgan fingerprint density at radius 3 is 2.61 bits per heavy atom. The van der Waals surface area contributed by atoms with Crippen LogP contribution in [0.15, 0.2) is 47.3 Å². The van der Waals surface area contributed by atoms with Gasteiger partial charge in [-0.1, -0.05) is 30.3 Å². The maximum Gasteiger partial charge on any atom is 0.254 e. The summed E-state index contributed by atoms with van der Waals surface area (Å²) in [7, 11) is 0. The SMILES string of the molecule is Cc1ccc(C)c2[nH]c(=O)c(C(c3nnnn3C(C)(C)C)N3CCCc4ccccc43)cc12. The van der Waals surface area contributed by atoms with Crippen molar-refractivity contribution < 1.29 is 0 Å². The second kappa shape index (κ2) is 7.83. The van der Waals surface area contributed by atoms with Crippen LogP contribution in [-0.4, -0.2) is 31.7 Å². The van der Waals surface area contributed by atoms with Crippen LogP contribution in [0.25, 0.3) is 10.9 Å². The van der Waals surface area contributed by atoms with Gasteiger partial charge in [-0.25, -0.2) is 4.68 Å². The number of tetrazole rings is 1. The van der Waals surface area contributed by atoms with Gasteiger partial charge in [0.2, 0.25) is 0 Å². The van der Waals surface area contributed by atoms with E-state index in [1.807, 2.05) is 23.7 Å². The van der Waals surface area contributed by atoms with E-state index in [1.54, 1.807) is 0 Å². The zero-order valence-corrected chi connectivity index (χ0v) is 19.9. The van der Waals surface area contributed by atoms with Crippen molar-refractivity contribution in [3.05, 3.63) is 80.9 Å². The third-order valence-electron chi connectivity index (χ3n) is 6.60. The van der Waals surface area contributed by atoms with Crippen LogP contribution in [0.5, 0.6) is 0 Å². The summed E-state index contributed by atoms with van der Waals surface area (Å²) in [4.78, 5) is 19.1. The molecule has 1 unspecified atom stereocenters. The first kappa shape index (κ1) is 21.4. The number of para-hydroxylation sites is 1. The standard InChI is InChI=1S/C26H30N6O/c1-16-12-13-17(2)22-19(16)15-20(25(33)27-22)23(24-28-29-30-32(24)26(3,4)5)31-14-8-10-18-9-6-7-11-21(18)31/h6-7,9,11-13,15,23H,8,10,14H2,1-5H3,(H,27,33). The number of nitrogens with one attached hydrogen (secondary N) is 1. The molecule has 1 aliphatic rings. The van der Waals surface area contributed by atoms with Crippen molar-refractivity contribution in [2.45, 2.75) is 59.0 Å². The van der Waals surface area contributed by atoms with Gasteiger partial charge in [0.05, 0.1) is 11.1 Å². The molecule has 170 valence electrons. The number of aromatic nitrogens is 5. The van der Waals surface area contributed by atoms with Gasteiger partial charge in [0.15, 0.2) is 5.82 Å². The number of benzene rings is 2. The van der Waals surface area contributed by atoms with E-state index in [-0.39, 0.29) is 11.1 Å². The molecular formula is C26H30N6O. The molecule has 4 aromatic rings. The first-order valence-corrected chi connectivity index (χ1v) is 11.5. The monoisotopic (exact) mass is 442 g/mol. The van der Waals surface area contributed by atoms with Crippen LogP contribution in [0.2, 0.25) is 0 Å². The zero-order chi connectivity index (χ0) is 23.3. The number of nitrogens with zero attached hydrogens (tertiary/aromatic N) is 5. The van der Waals surface area contributed by atoms with E-state index >= 15 is 0 Å². The molecule has 1 atom stereocenters. The van der Waals surface area contributed by atoms with E-state index < -0.39 is 6.04 Å². The van der Waals surface area contributed by atoms with Gasteiger partial charge in [-0.15, -0.1) is 5.10 Å². The van der Waals surface area contributed by atoms with Crippen molar-refractivity contribution in [1.29, 1.82) is 0 Å². The van der Waals surface area contributed by atoms with Crippen LogP contribution in [0.1, 0.15) is 61.3 Å². The normalized spacial score (nSPS) is 15.0. The van der Waals surface area contributed by atoms with E-state index in [9.17, 15) is 4.79 Å². The zero-order valence-electron chi connectivity index (χ0n) is 19.9. The molecule has 7 heteroatoms. The molecule has 3 heterocycles. The second-order valence-corrected chi connectivity index (χ2v) is 9.99. The Kier molecular flexibility index (Phi) is 5.07. The number of hydrogen-bond donors (Lipinski definition) is 1. The number of aryl methyl sites for hydroxylation is 3. The summed E-state index contributed by atoms with van der Waals surface area (Å²) >= 11 is 0. The fourth-order valence-corrected chi connectivity index (χ4v) is 4.91. The van der Waals surface area contributed by atoms with Crippen molar-refractivity contribution >= 4 is 16.6 Å². The molecule has 1 aliphatic heterocycles. The van der Waals surface area contributed by atoms with Gasteiger partial charge in [0.25, 0.3) is 5.56 Å². The number of H-pyrrole nitrogens is 1. The van der Waals surface area contributed by atoms with Gasteiger partial charge in [-0.3, -0.25) is 4.79 Å². The van der Waals surface area contributed by atoms with Gasteiger partial charge < -0.3 is 9.88 Å². The summed E-state index contributed by atoms with van der Waals surface area (Å²) in [5, 5.41) is 13.9. The number of pyridine rings is 1. The highest BCUT2D eigenvalue weighted by atomic mass is 16.1. The first-order chi connectivity index (χ1) is 15.8. The predicted molar refractivity (Wildman–Crippen MR) is 131 cm³/mol. The highest BCUT2D eigenvalue weighted by Crippen LogP contribution is 2.37. The van der Waals surface area contributed by atoms with Crippen molar-refractivity contribution in [2.24, 2.45) is 0 Å². The molecular weight excluding hydrogens is 412 g/mol. The van der Waals surface area contributed by atoms with Gasteiger partial charge in [-0.2, -0.15) is 0 Å². The minimum Gasteiger partial charge on any atom is -0.357 e. The molecule has 7 nitrogen and oxygen atoms in total. The third-order valence-corrected chi connectivity index (χ3v) is 6.60. The fraction of sp³-hybridized carbons (Fsp3) is 0.385. The highest BCUT2D eigenvalue weighted by Gasteiger charge is 2.35. The third kappa shape index (κ3) is 3.61. The number of aromatic amines is 1. The van der Waals surface area contributed by atoms with Crippen molar-refractivity contribution in [3.8, 4) is 0 Å². The molecule has 0 aliphatic carbocycles. The lowest BCUT2D eigenvalue weighted by molar-refractivity contribution is 0.329. The molecule has 2 aromatic carbocycles. The van der Waals surface area contributed by atoms with Gasteiger partial charge in [-0.05, 0) is 86.7 Å². The Balaban J connectivity index is 1.80. The highest BCUT2D eigenvalue weighted by molar-refractivity contribution is 5.85.